The predicted molar refractivity (Wildman–Crippen MR) is 129 cm³/mol. The summed E-state index contributed by atoms with van der Waals surface area (Å²) in [6.07, 6.45) is 4.85. The smallest absolute Gasteiger partial charge is 0.275 e. The molecule has 2 aromatic carbocycles. The lowest BCUT2D eigenvalue weighted by Crippen LogP contribution is -2.13. The number of methoxy groups -OCH3 is 1. The molecule has 5 N–H and O–H groups in total. The SMILES string of the molecule is COc1c(Cc2ccc(-n3nc(C4CCCC4)c4c(=O)[nH]nc(N)c43)cc2)cccc1C(N)=O. The number of para-hydroxylation sites is 1. The van der Waals surface area contributed by atoms with Crippen LogP contribution in [0, 0.1) is 0 Å². The van der Waals surface area contributed by atoms with Crippen LogP contribution in [0.25, 0.3) is 16.6 Å². The summed E-state index contributed by atoms with van der Waals surface area (Å²) in [5, 5.41) is 11.8. The largest absolute Gasteiger partial charge is 0.496 e. The molecule has 1 amide bonds. The number of H-pyrrole nitrogens is 1. The highest BCUT2D eigenvalue weighted by Crippen LogP contribution is 2.37. The van der Waals surface area contributed by atoms with Gasteiger partial charge in [0.2, 0.25) is 0 Å². The number of nitrogens with two attached hydrogens (primary N) is 2. The molecule has 0 aliphatic heterocycles. The molecule has 1 fully saturated rings. The van der Waals surface area contributed by atoms with Crippen molar-refractivity contribution in [3.8, 4) is 11.4 Å². The fourth-order valence-corrected chi connectivity index (χ4v) is 4.92. The monoisotopic (exact) mass is 458 g/mol. The molecular formula is C25H26N6O3. The number of benzene rings is 2. The molecule has 4 aromatic rings. The summed E-state index contributed by atoms with van der Waals surface area (Å²) < 4.78 is 7.18. The topological polar surface area (TPSA) is 142 Å². The number of fused-ring (bicyclic) bond motifs is 1. The minimum atomic E-state index is -0.529. The van der Waals surface area contributed by atoms with Gasteiger partial charge in [0, 0.05) is 12.3 Å². The van der Waals surface area contributed by atoms with E-state index in [-0.39, 0.29) is 17.3 Å². The summed E-state index contributed by atoms with van der Waals surface area (Å²) in [7, 11) is 1.53. The minimum Gasteiger partial charge on any atom is -0.496 e. The van der Waals surface area contributed by atoms with Crippen molar-refractivity contribution in [2.45, 2.75) is 38.0 Å². The summed E-state index contributed by atoms with van der Waals surface area (Å²) in [6.45, 7) is 0. The lowest BCUT2D eigenvalue weighted by molar-refractivity contribution is 0.0997. The summed E-state index contributed by atoms with van der Waals surface area (Å²) in [5.74, 6) is 0.439. The number of nitrogen functional groups attached to an aromatic ring is 1. The number of carbonyl (C=O) groups excluding carboxylic acids is 1. The first-order valence-electron chi connectivity index (χ1n) is 11.3. The molecule has 174 valence electrons. The number of aromatic amines is 1. The van der Waals surface area contributed by atoms with Gasteiger partial charge in [0.25, 0.3) is 11.5 Å². The number of anilines is 1. The molecule has 34 heavy (non-hydrogen) atoms. The van der Waals surface area contributed by atoms with E-state index in [1.165, 1.54) is 7.11 Å². The van der Waals surface area contributed by atoms with Gasteiger partial charge < -0.3 is 16.2 Å². The first kappa shape index (κ1) is 21.7. The third-order valence-electron chi connectivity index (χ3n) is 6.54. The van der Waals surface area contributed by atoms with Crippen LogP contribution in [-0.4, -0.2) is 33.0 Å². The van der Waals surface area contributed by atoms with Gasteiger partial charge in [0.1, 0.15) is 11.3 Å². The third-order valence-corrected chi connectivity index (χ3v) is 6.54. The normalized spacial score (nSPS) is 14.0. The van der Waals surface area contributed by atoms with E-state index in [0.717, 1.165) is 48.2 Å². The van der Waals surface area contributed by atoms with Crippen molar-refractivity contribution in [1.29, 1.82) is 0 Å². The first-order chi connectivity index (χ1) is 16.5. The van der Waals surface area contributed by atoms with E-state index in [4.69, 9.17) is 21.3 Å². The maximum absolute atomic E-state index is 12.7. The van der Waals surface area contributed by atoms with E-state index in [9.17, 15) is 9.59 Å². The Morgan fingerprint density at radius 3 is 2.59 bits per heavy atom. The zero-order valence-corrected chi connectivity index (χ0v) is 18.9. The van der Waals surface area contributed by atoms with E-state index in [0.29, 0.717) is 28.6 Å². The van der Waals surface area contributed by atoms with Gasteiger partial charge in [-0.05, 0) is 42.2 Å². The molecule has 0 unspecified atom stereocenters. The number of hydrogen-bond donors (Lipinski definition) is 3. The highest BCUT2D eigenvalue weighted by atomic mass is 16.5. The van der Waals surface area contributed by atoms with Gasteiger partial charge in [0.15, 0.2) is 5.82 Å². The minimum absolute atomic E-state index is 0.239. The highest BCUT2D eigenvalue weighted by Gasteiger charge is 2.27. The Bertz CT molecular complexity index is 1430. The van der Waals surface area contributed by atoms with Gasteiger partial charge in [-0.3, -0.25) is 9.59 Å². The molecule has 1 saturated carbocycles. The molecule has 0 bridgehead atoms. The molecule has 9 nitrogen and oxygen atoms in total. The van der Waals surface area contributed by atoms with Crippen molar-refractivity contribution in [1.82, 2.24) is 20.0 Å². The molecule has 0 atom stereocenters. The second-order valence-electron chi connectivity index (χ2n) is 8.65. The lowest BCUT2D eigenvalue weighted by atomic mass is 10.0. The van der Waals surface area contributed by atoms with E-state index in [1.807, 2.05) is 30.3 Å². The molecule has 2 aromatic heterocycles. The zero-order valence-electron chi connectivity index (χ0n) is 18.9. The van der Waals surface area contributed by atoms with Gasteiger partial charge in [-0.25, -0.2) is 9.78 Å². The van der Waals surface area contributed by atoms with Crippen LogP contribution in [0.15, 0.2) is 47.3 Å². The quantitative estimate of drug-likeness (QED) is 0.405. The Morgan fingerprint density at radius 1 is 1.18 bits per heavy atom. The average molecular weight is 459 g/mol. The Morgan fingerprint density at radius 2 is 1.91 bits per heavy atom. The number of carbonyl (C=O) groups is 1. The van der Waals surface area contributed by atoms with Crippen molar-refractivity contribution in [3.63, 3.8) is 0 Å². The number of amides is 1. The average Bonchev–Trinajstić information content (AvgIpc) is 3.50. The summed E-state index contributed by atoms with van der Waals surface area (Å²) in [4.78, 5) is 24.4. The van der Waals surface area contributed by atoms with E-state index >= 15 is 0 Å². The summed E-state index contributed by atoms with van der Waals surface area (Å²) in [5.41, 5.74) is 15.7. The molecule has 0 radical (unpaired) electrons. The van der Waals surface area contributed by atoms with Crippen molar-refractivity contribution in [2.24, 2.45) is 5.73 Å². The Labute approximate surface area is 195 Å². The van der Waals surface area contributed by atoms with E-state index in [1.54, 1.807) is 16.8 Å². The van der Waals surface area contributed by atoms with Crippen molar-refractivity contribution in [2.75, 3.05) is 12.8 Å². The number of nitrogens with one attached hydrogen (secondary N) is 1. The zero-order chi connectivity index (χ0) is 23.8. The number of nitrogens with zero attached hydrogens (tertiary/aromatic N) is 3. The lowest BCUT2D eigenvalue weighted by Gasteiger charge is -2.12. The molecule has 1 aliphatic rings. The molecule has 2 heterocycles. The molecule has 9 heteroatoms. The van der Waals surface area contributed by atoms with Crippen molar-refractivity contribution in [3.05, 3.63) is 75.2 Å². The van der Waals surface area contributed by atoms with Crippen LogP contribution in [0.4, 0.5) is 5.82 Å². The van der Waals surface area contributed by atoms with Gasteiger partial charge in [-0.1, -0.05) is 37.1 Å². The standard InChI is InChI=1S/C25H26N6O3/c1-34-22-16(7-4-8-18(22)24(27)32)13-14-9-11-17(12-10-14)31-21-19(25(33)29-28-23(21)26)20(30-31)15-5-2-3-6-15/h4,7-12,15H,2-3,5-6,13H2,1H3,(H2,26,28)(H2,27,32)(H,29,33). The number of ether oxygens (including phenoxy) is 1. The maximum Gasteiger partial charge on any atom is 0.275 e. The first-order valence-corrected chi connectivity index (χ1v) is 11.3. The second-order valence-corrected chi connectivity index (χ2v) is 8.65. The van der Waals surface area contributed by atoms with Crippen molar-refractivity contribution >= 4 is 22.6 Å². The van der Waals surface area contributed by atoms with Gasteiger partial charge >= 0.3 is 0 Å². The number of hydrogen-bond acceptors (Lipinski definition) is 6. The maximum atomic E-state index is 12.7. The number of aromatic nitrogens is 4. The van der Waals surface area contributed by atoms with E-state index < -0.39 is 5.91 Å². The third kappa shape index (κ3) is 3.68. The Kier molecular flexibility index (Phi) is 5.53. The summed E-state index contributed by atoms with van der Waals surface area (Å²) >= 11 is 0. The van der Waals surface area contributed by atoms with Gasteiger partial charge in [0.05, 0.1) is 29.4 Å². The van der Waals surface area contributed by atoms with Crippen LogP contribution in [0.2, 0.25) is 0 Å². The van der Waals surface area contributed by atoms with Crippen molar-refractivity contribution < 1.29 is 9.53 Å². The second kappa shape index (κ2) is 8.66. The van der Waals surface area contributed by atoms with Crippen LogP contribution < -0.4 is 21.8 Å². The fraction of sp³-hybridized carbons (Fsp3) is 0.280. The Balaban J connectivity index is 1.53. The molecule has 5 rings (SSSR count). The van der Waals surface area contributed by atoms with Crippen LogP contribution in [0.1, 0.15) is 58.8 Å². The summed E-state index contributed by atoms with van der Waals surface area (Å²) in [6, 6.07) is 13.2. The van der Waals surface area contributed by atoms with Gasteiger partial charge in [-0.15, -0.1) is 0 Å². The molecular weight excluding hydrogens is 432 g/mol. The van der Waals surface area contributed by atoms with Crippen LogP contribution in [0.3, 0.4) is 0 Å². The highest BCUT2D eigenvalue weighted by molar-refractivity contribution is 5.96. The molecule has 0 saturated heterocycles. The molecule has 1 aliphatic carbocycles. The predicted octanol–water partition coefficient (Wildman–Crippen LogP) is 3.05. The van der Waals surface area contributed by atoms with Gasteiger partial charge in [-0.2, -0.15) is 10.2 Å². The fourth-order valence-electron chi connectivity index (χ4n) is 4.92. The van der Waals surface area contributed by atoms with Crippen LogP contribution in [0.5, 0.6) is 5.75 Å². The van der Waals surface area contributed by atoms with E-state index in [2.05, 4.69) is 10.2 Å². The Hall–Kier alpha value is -4.14. The molecule has 0 spiro atoms. The van der Waals surface area contributed by atoms with Crippen LogP contribution in [-0.2, 0) is 6.42 Å². The number of primary amides is 1. The number of rotatable bonds is 6. The van der Waals surface area contributed by atoms with Crippen LogP contribution >= 0.6 is 0 Å².